The summed E-state index contributed by atoms with van der Waals surface area (Å²) in [5.41, 5.74) is 0. The number of hydrogen-bond acceptors (Lipinski definition) is 3. The Kier molecular flexibility index (Phi) is 8.60. The van der Waals surface area contributed by atoms with E-state index in [9.17, 15) is 4.79 Å². The molecule has 13 heavy (non-hydrogen) atoms. The smallest absolute Gasteiger partial charge is 0.304 e. The van der Waals surface area contributed by atoms with Crippen LogP contribution in [0.5, 0.6) is 0 Å². The van der Waals surface area contributed by atoms with Crippen LogP contribution in [-0.2, 0) is 4.79 Å². The topological polar surface area (TPSA) is 61.4 Å². The molecule has 0 aliphatic carbocycles. The SMILES string of the molecule is C=CCNCCCNCCC(=O)O. The molecule has 0 heterocycles. The summed E-state index contributed by atoms with van der Waals surface area (Å²) >= 11 is 0. The van der Waals surface area contributed by atoms with Crippen LogP contribution in [0.4, 0.5) is 0 Å². The van der Waals surface area contributed by atoms with E-state index in [1.807, 2.05) is 6.08 Å². The van der Waals surface area contributed by atoms with Crippen LogP contribution in [0.2, 0.25) is 0 Å². The van der Waals surface area contributed by atoms with Crippen molar-refractivity contribution in [2.45, 2.75) is 12.8 Å². The van der Waals surface area contributed by atoms with Gasteiger partial charge in [-0.15, -0.1) is 6.58 Å². The van der Waals surface area contributed by atoms with E-state index in [0.717, 1.165) is 26.1 Å². The van der Waals surface area contributed by atoms with Crippen molar-refractivity contribution in [1.82, 2.24) is 10.6 Å². The second kappa shape index (κ2) is 9.22. The molecule has 0 fully saturated rings. The lowest BCUT2D eigenvalue weighted by Crippen LogP contribution is -2.23. The summed E-state index contributed by atoms with van der Waals surface area (Å²) in [5, 5.41) is 14.5. The monoisotopic (exact) mass is 186 g/mol. The Bertz CT molecular complexity index is 149. The van der Waals surface area contributed by atoms with E-state index in [-0.39, 0.29) is 6.42 Å². The van der Waals surface area contributed by atoms with Crippen LogP contribution < -0.4 is 10.6 Å². The average Bonchev–Trinajstić information content (AvgIpc) is 2.09. The van der Waals surface area contributed by atoms with Crippen LogP contribution in [0.25, 0.3) is 0 Å². The van der Waals surface area contributed by atoms with Gasteiger partial charge in [0.05, 0.1) is 6.42 Å². The van der Waals surface area contributed by atoms with Gasteiger partial charge in [-0.25, -0.2) is 0 Å². The zero-order valence-corrected chi connectivity index (χ0v) is 7.88. The quantitative estimate of drug-likeness (QED) is 0.356. The minimum absolute atomic E-state index is 0.195. The number of carboxylic acid groups (broad SMARTS) is 1. The summed E-state index contributed by atoms with van der Waals surface area (Å²) in [7, 11) is 0. The summed E-state index contributed by atoms with van der Waals surface area (Å²) in [4.78, 5) is 10.1. The molecule has 0 aromatic rings. The summed E-state index contributed by atoms with van der Waals surface area (Å²) in [6.45, 7) is 6.76. The molecule has 0 amide bonds. The van der Waals surface area contributed by atoms with Gasteiger partial charge >= 0.3 is 5.97 Å². The standard InChI is InChI=1S/C9H18N2O2/c1-2-5-10-6-3-7-11-8-4-9(12)13/h2,10-11H,1,3-8H2,(H,12,13). The average molecular weight is 186 g/mol. The molecule has 4 nitrogen and oxygen atoms in total. The van der Waals surface area contributed by atoms with Gasteiger partial charge in [0, 0.05) is 13.1 Å². The summed E-state index contributed by atoms with van der Waals surface area (Å²) < 4.78 is 0. The molecule has 0 atom stereocenters. The van der Waals surface area contributed by atoms with Crippen LogP contribution in [0.1, 0.15) is 12.8 Å². The Morgan fingerprint density at radius 3 is 2.62 bits per heavy atom. The van der Waals surface area contributed by atoms with Gasteiger partial charge in [0.2, 0.25) is 0 Å². The lowest BCUT2D eigenvalue weighted by Gasteiger charge is -2.03. The zero-order valence-electron chi connectivity index (χ0n) is 7.88. The van der Waals surface area contributed by atoms with Crippen LogP contribution in [0.3, 0.4) is 0 Å². The molecule has 0 unspecified atom stereocenters. The maximum absolute atomic E-state index is 10.1. The fourth-order valence-corrected chi connectivity index (χ4v) is 0.863. The van der Waals surface area contributed by atoms with Crippen molar-refractivity contribution < 1.29 is 9.90 Å². The largest absolute Gasteiger partial charge is 0.481 e. The molecule has 0 saturated carbocycles. The number of carbonyl (C=O) groups is 1. The third-order valence-electron chi connectivity index (χ3n) is 1.51. The van der Waals surface area contributed by atoms with Gasteiger partial charge < -0.3 is 15.7 Å². The van der Waals surface area contributed by atoms with E-state index >= 15 is 0 Å². The van der Waals surface area contributed by atoms with Crippen LogP contribution in [-0.4, -0.2) is 37.3 Å². The van der Waals surface area contributed by atoms with Gasteiger partial charge in [-0.2, -0.15) is 0 Å². The van der Waals surface area contributed by atoms with Crippen LogP contribution in [0, 0.1) is 0 Å². The first-order valence-corrected chi connectivity index (χ1v) is 4.51. The molecule has 0 aliphatic rings. The molecule has 0 rings (SSSR count). The molecule has 76 valence electrons. The van der Waals surface area contributed by atoms with E-state index < -0.39 is 5.97 Å². The molecule has 0 spiro atoms. The maximum Gasteiger partial charge on any atom is 0.304 e. The first-order valence-electron chi connectivity index (χ1n) is 4.51. The van der Waals surface area contributed by atoms with E-state index in [2.05, 4.69) is 17.2 Å². The fourth-order valence-electron chi connectivity index (χ4n) is 0.863. The van der Waals surface area contributed by atoms with E-state index in [1.165, 1.54) is 0 Å². The van der Waals surface area contributed by atoms with Crippen molar-refractivity contribution in [3.8, 4) is 0 Å². The van der Waals surface area contributed by atoms with Gasteiger partial charge in [-0.3, -0.25) is 4.79 Å². The van der Waals surface area contributed by atoms with Crippen LogP contribution >= 0.6 is 0 Å². The number of aliphatic carboxylic acids is 1. The highest BCUT2D eigenvalue weighted by atomic mass is 16.4. The molecular formula is C9H18N2O2. The summed E-state index contributed by atoms with van der Waals surface area (Å²) in [5.74, 6) is -0.753. The molecular weight excluding hydrogens is 168 g/mol. The second-order valence-electron chi connectivity index (χ2n) is 2.74. The summed E-state index contributed by atoms with van der Waals surface area (Å²) in [6, 6.07) is 0. The third-order valence-corrected chi connectivity index (χ3v) is 1.51. The third kappa shape index (κ3) is 11.1. The first kappa shape index (κ1) is 12.1. The van der Waals surface area contributed by atoms with E-state index in [4.69, 9.17) is 5.11 Å². The van der Waals surface area contributed by atoms with E-state index in [0.29, 0.717) is 6.54 Å². The number of rotatable bonds is 9. The number of carboxylic acids is 1. The van der Waals surface area contributed by atoms with Gasteiger partial charge in [0.1, 0.15) is 0 Å². The van der Waals surface area contributed by atoms with Gasteiger partial charge in [-0.05, 0) is 19.5 Å². The Hall–Kier alpha value is -0.870. The highest BCUT2D eigenvalue weighted by Crippen LogP contribution is 1.77. The van der Waals surface area contributed by atoms with Crippen molar-refractivity contribution in [2.24, 2.45) is 0 Å². The Morgan fingerprint density at radius 1 is 1.31 bits per heavy atom. The lowest BCUT2D eigenvalue weighted by molar-refractivity contribution is -0.136. The van der Waals surface area contributed by atoms with Crippen molar-refractivity contribution in [3.63, 3.8) is 0 Å². The number of hydrogen-bond donors (Lipinski definition) is 3. The molecule has 0 radical (unpaired) electrons. The Balaban J connectivity index is 2.91. The normalized spacial score (nSPS) is 9.85. The maximum atomic E-state index is 10.1. The van der Waals surface area contributed by atoms with Crippen LogP contribution in [0.15, 0.2) is 12.7 Å². The minimum atomic E-state index is -0.753. The highest BCUT2D eigenvalue weighted by Gasteiger charge is 1.94. The predicted molar refractivity (Wildman–Crippen MR) is 52.8 cm³/mol. The molecule has 0 bridgehead atoms. The molecule has 4 heteroatoms. The van der Waals surface area contributed by atoms with E-state index in [1.54, 1.807) is 0 Å². The van der Waals surface area contributed by atoms with Crippen molar-refractivity contribution in [2.75, 3.05) is 26.2 Å². The second-order valence-corrected chi connectivity index (χ2v) is 2.74. The lowest BCUT2D eigenvalue weighted by atomic mass is 10.4. The first-order chi connectivity index (χ1) is 6.27. The van der Waals surface area contributed by atoms with Gasteiger partial charge in [0.15, 0.2) is 0 Å². The zero-order chi connectivity index (χ0) is 9.94. The van der Waals surface area contributed by atoms with Crippen molar-refractivity contribution in [1.29, 1.82) is 0 Å². The Morgan fingerprint density at radius 2 is 2.00 bits per heavy atom. The van der Waals surface area contributed by atoms with Crippen molar-refractivity contribution >= 4 is 5.97 Å². The minimum Gasteiger partial charge on any atom is -0.481 e. The number of nitrogens with one attached hydrogen (secondary N) is 2. The predicted octanol–water partition coefficient (Wildman–Crippen LogP) is 0.216. The van der Waals surface area contributed by atoms with Gasteiger partial charge in [-0.1, -0.05) is 6.08 Å². The molecule has 3 N–H and O–H groups in total. The molecule has 0 saturated heterocycles. The highest BCUT2D eigenvalue weighted by molar-refractivity contribution is 5.66. The molecule has 0 aromatic heterocycles. The Labute approximate surface area is 79.0 Å². The fraction of sp³-hybridized carbons (Fsp3) is 0.667. The van der Waals surface area contributed by atoms with Gasteiger partial charge in [0.25, 0.3) is 0 Å². The molecule has 0 aromatic carbocycles. The molecule has 0 aliphatic heterocycles. The summed E-state index contributed by atoms with van der Waals surface area (Å²) in [6.07, 6.45) is 3.02. The van der Waals surface area contributed by atoms with Crippen molar-refractivity contribution in [3.05, 3.63) is 12.7 Å².